The molecule has 4 rings (SSSR count). The van der Waals surface area contributed by atoms with E-state index in [4.69, 9.17) is 15.3 Å². The van der Waals surface area contributed by atoms with Gasteiger partial charge in [0, 0.05) is 22.7 Å². The van der Waals surface area contributed by atoms with Crippen LogP contribution < -0.4 is 5.73 Å². The lowest BCUT2D eigenvalue weighted by atomic mass is 10.1. The van der Waals surface area contributed by atoms with Crippen molar-refractivity contribution in [3.05, 3.63) is 36.5 Å². The lowest BCUT2D eigenvalue weighted by Crippen LogP contribution is -1.97. The maximum atomic E-state index is 10.6. The molecule has 4 aromatic rings. The highest BCUT2D eigenvalue weighted by molar-refractivity contribution is 7.99. The number of hydrogen-bond acceptors (Lipinski definition) is 6. The standard InChI is InChI=1S/C16H13N5O3S/c17-10-6-18-11-5-8(1-2-9(10)11)12-3-4-13(24-12)15-19-16(21-20-15)25-7-14(22)23/h1-6,18H,7,17H2,(H,22,23)(H,19,20,21). The number of fused-ring (bicyclic) bond motifs is 1. The van der Waals surface area contributed by atoms with Crippen LogP contribution >= 0.6 is 11.8 Å². The lowest BCUT2D eigenvalue weighted by molar-refractivity contribution is -0.133. The molecule has 3 aromatic heterocycles. The maximum Gasteiger partial charge on any atom is 0.313 e. The van der Waals surface area contributed by atoms with Gasteiger partial charge in [-0.25, -0.2) is 0 Å². The average molecular weight is 355 g/mol. The van der Waals surface area contributed by atoms with E-state index >= 15 is 0 Å². The van der Waals surface area contributed by atoms with E-state index in [2.05, 4.69) is 20.2 Å². The molecular weight excluding hydrogens is 342 g/mol. The number of aliphatic carboxylic acids is 1. The summed E-state index contributed by atoms with van der Waals surface area (Å²) >= 11 is 1.04. The van der Waals surface area contributed by atoms with Crippen molar-refractivity contribution in [2.75, 3.05) is 11.5 Å². The molecule has 0 saturated carbocycles. The van der Waals surface area contributed by atoms with Gasteiger partial charge in [-0.3, -0.25) is 9.89 Å². The van der Waals surface area contributed by atoms with Crippen LogP contribution in [-0.2, 0) is 4.79 Å². The summed E-state index contributed by atoms with van der Waals surface area (Å²) in [7, 11) is 0. The van der Waals surface area contributed by atoms with Crippen LogP contribution in [0.4, 0.5) is 5.69 Å². The molecule has 126 valence electrons. The van der Waals surface area contributed by atoms with Crippen molar-refractivity contribution in [1.82, 2.24) is 20.2 Å². The number of benzene rings is 1. The first kappa shape index (κ1) is 15.3. The number of thioether (sulfide) groups is 1. The molecule has 0 aliphatic carbocycles. The third-order valence-corrected chi connectivity index (χ3v) is 4.46. The number of carboxylic acids is 1. The molecule has 0 atom stereocenters. The van der Waals surface area contributed by atoms with Crippen LogP contribution in [0.1, 0.15) is 0 Å². The van der Waals surface area contributed by atoms with E-state index in [-0.39, 0.29) is 5.75 Å². The number of anilines is 1. The minimum Gasteiger partial charge on any atom is -0.481 e. The second kappa shape index (κ2) is 6.02. The van der Waals surface area contributed by atoms with E-state index in [1.54, 1.807) is 12.3 Å². The Morgan fingerprint density at radius 2 is 2.12 bits per heavy atom. The average Bonchev–Trinajstić information content (AvgIpc) is 3.32. The van der Waals surface area contributed by atoms with E-state index in [1.807, 2.05) is 24.3 Å². The molecule has 0 aliphatic heterocycles. The van der Waals surface area contributed by atoms with Gasteiger partial charge < -0.3 is 20.2 Å². The van der Waals surface area contributed by atoms with Crippen LogP contribution in [0.2, 0.25) is 0 Å². The van der Waals surface area contributed by atoms with E-state index in [1.165, 1.54) is 0 Å². The van der Waals surface area contributed by atoms with E-state index < -0.39 is 5.97 Å². The first-order valence-electron chi connectivity index (χ1n) is 7.34. The Morgan fingerprint density at radius 1 is 1.28 bits per heavy atom. The van der Waals surface area contributed by atoms with Crippen LogP contribution in [0, 0.1) is 0 Å². The Kier molecular flexibility index (Phi) is 3.69. The number of furan rings is 1. The van der Waals surface area contributed by atoms with Crippen LogP contribution in [0.25, 0.3) is 33.8 Å². The first-order chi connectivity index (χ1) is 12.1. The Bertz CT molecular complexity index is 1060. The van der Waals surface area contributed by atoms with Crippen LogP contribution in [0.15, 0.2) is 46.1 Å². The molecule has 0 aliphatic rings. The molecule has 0 fully saturated rings. The van der Waals surface area contributed by atoms with Crippen molar-refractivity contribution in [2.45, 2.75) is 5.16 Å². The third kappa shape index (κ3) is 2.96. The normalized spacial score (nSPS) is 11.2. The summed E-state index contributed by atoms with van der Waals surface area (Å²) in [5.74, 6) is 0.637. The Hall–Kier alpha value is -3.20. The summed E-state index contributed by atoms with van der Waals surface area (Å²) in [5.41, 5.74) is 8.42. The number of nitrogens with one attached hydrogen (secondary N) is 2. The second-order valence-corrected chi connectivity index (χ2v) is 6.26. The molecule has 25 heavy (non-hydrogen) atoms. The zero-order valence-corrected chi connectivity index (χ0v) is 13.6. The van der Waals surface area contributed by atoms with Gasteiger partial charge in [0.2, 0.25) is 5.16 Å². The number of nitrogens with two attached hydrogens (primary N) is 1. The van der Waals surface area contributed by atoms with Crippen molar-refractivity contribution in [3.63, 3.8) is 0 Å². The number of H-pyrrole nitrogens is 2. The molecule has 0 amide bonds. The molecular formula is C16H13N5O3S. The molecule has 3 heterocycles. The molecule has 9 heteroatoms. The molecule has 5 N–H and O–H groups in total. The predicted octanol–water partition coefficient (Wildman–Crippen LogP) is 2.97. The highest BCUT2D eigenvalue weighted by Crippen LogP contribution is 2.30. The van der Waals surface area contributed by atoms with E-state index in [0.717, 1.165) is 28.2 Å². The quantitative estimate of drug-likeness (QED) is 0.404. The predicted molar refractivity (Wildman–Crippen MR) is 94.1 cm³/mol. The molecule has 0 radical (unpaired) electrons. The SMILES string of the molecule is Nc1c[nH]c2cc(-c3ccc(-c4nc(SCC(=O)O)n[nH]4)o3)ccc12. The fourth-order valence-corrected chi connectivity index (χ4v) is 2.99. The molecule has 0 unspecified atom stereocenters. The van der Waals surface area contributed by atoms with Gasteiger partial charge in [0.1, 0.15) is 5.76 Å². The fourth-order valence-electron chi connectivity index (χ4n) is 2.47. The van der Waals surface area contributed by atoms with Gasteiger partial charge in [0.15, 0.2) is 11.6 Å². The van der Waals surface area contributed by atoms with Crippen LogP contribution in [-0.4, -0.2) is 37.0 Å². The zero-order valence-electron chi connectivity index (χ0n) is 12.8. The summed E-state index contributed by atoms with van der Waals surface area (Å²) in [4.78, 5) is 17.9. The largest absolute Gasteiger partial charge is 0.481 e. The second-order valence-electron chi connectivity index (χ2n) is 5.32. The van der Waals surface area contributed by atoms with Crippen molar-refractivity contribution in [2.24, 2.45) is 0 Å². The summed E-state index contributed by atoms with van der Waals surface area (Å²) in [6.07, 6.45) is 1.76. The van der Waals surface area contributed by atoms with Gasteiger partial charge >= 0.3 is 5.97 Å². The van der Waals surface area contributed by atoms with Crippen LogP contribution in [0.5, 0.6) is 0 Å². The minimum atomic E-state index is -0.919. The van der Waals surface area contributed by atoms with Crippen molar-refractivity contribution >= 4 is 34.3 Å². The Labute approximate surface area is 145 Å². The van der Waals surface area contributed by atoms with Gasteiger partial charge in [-0.2, -0.15) is 4.98 Å². The van der Waals surface area contributed by atoms with E-state index in [0.29, 0.717) is 28.2 Å². The number of carboxylic acid groups (broad SMARTS) is 1. The number of rotatable bonds is 5. The van der Waals surface area contributed by atoms with Crippen molar-refractivity contribution in [3.8, 4) is 22.9 Å². The van der Waals surface area contributed by atoms with Gasteiger partial charge in [0.05, 0.1) is 11.4 Å². The van der Waals surface area contributed by atoms with E-state index in [9.17, 15) is 4.79 Å². The number of hydrogen-bond donors (Lipinski definition) is 4. The molecule has 0 saturated heterocycles. The smallest absolute Gasteiger partial charge is 0.313 e. The Balaban J connectivity index is 1.59. The maximum absolute atomic E-state index is 10.6. The summed E-state index contributed by atoms with van der Waals surface area (Å²) in [5, 5.41) is 16.7. The number of nitrogens with zero attached hydrogens (tertiary/aromatic N) is 2. The van der Waals surface area contributed by atoms with Gasteiger partial charge in [-0.1, -0.05) is 23.9 Å². The fraction of sp³-hybridized carbons (Fsp3) is 0.0625. The molecule has 1 aromatic carbocycles. The molecule has 8 nitrogen and oxygen atoms in total. The monoisotopic (exact) mass is 355 g/mol. The summed E-state index contributed by atoms with van der Waals surface area (Å²) in [6, 6.07) is 9.46. The van der Waals surface area contributed by atoms with Crippen LogP contribution in [0.3, 0.4) is 0 Å². The molecule has 0 bridgehead atoms. The number of aromatic amines is 2. The third-order valence-electron chi connectivity index (χ3n) is 3.63. The molecule has 0 spiro atoms. The lowest BCUT2D eigenvalue weighted by Gasteiger charge is -1.98. The zero-order chi connectivity index (χ0) is 17.4. The minimum absolute atomic E-state index is 0.0972. The Morgan fingerprint density at radius 3 is 2.96 bits per heavy atom. The number of aromatic nitrogens is 4. The first-order valence-corrected chi connectivity index (χ1v) is 8.33. The van der Waals surface area contributed by atoms with Gasteiger partial charge in [0.25, 0.3) is 0 Å². The van der Waals surface area contributed by atoms with Gasteiger partial charge in [-0.05, 0) is 18.2 Å². The summed E-state index contributed by atoms with van der Waals surface area (Å²) < 4.78 is 5.85. The van der Waals surface area contributed by atoms with Crippen molar-refractivity contribution in [1.29, 1.82) is 0 Å². The van der Waals surface area contributed by atoms with Crippen molar-refractivity contribution < 1.29 is 14.3 Å². The summed E-state index contributed by atoms with van der Waals surface area (Å²) in [6.45, 7) is 0. The number of nitrogen functional groups attached to an aromatic ring is 1. The van der Waals surface area contributed by atoms with Gasteiger partial charge in [-0.15, -0.1) is 5.10 Å². The number of carbonyl (C=O) groups is 1. The highest BCUT2D eigenvalue weighted by Gasteiger charge is 2.13. The topological polar surface area (TPSA) is 134 Å². The highest BCUT2D eigenvalue weighted by atomic mass is 32.2.